The second-order valence-corrected chi connectivity index (χ2v) is 5.36. The molecule has 0 aromatic rings. The van der Waals surface area contributed by atoms with Crippen molar-refractivity contribution in [3.05, 3.63) is 0 Å². The van der Waals surface area contributed by atoms with E-state index < -0.39 is 5.60 Å². The molecule has 80 valence electrons. The van der Waals surface area contributed by atoms with Crippen molar-refractivity contribution in [2.75, 3.05) is 7.11 Å². The number of Topliss-reactive ketones (excluding diaryl/α,β-unsaturated/α-hetero) is 1. The van der Waals surface area contributed by atoms with Gasteiger partial charge in [-0.3, -0.25) is 4.79 Å². The van der Waals surface area contributed by atoms with Crippen molar-refractivity contribution in [3.63, 3.8) is 0 Å². The third-order valence-electron chi connectivity index (χ3n) is 4.18. The van der Waals surface area contributed by atoms with Crippen LogP contribution in [0.1, 0.15) is 39.5 Å². The lowest BCUT2D eigenvalue weighted by Crippen LogP contribution is -2.40. The van der Waals surface area contributed by atoms with Gasteiger partial charge in [-0.2, -0.15) is 0 Å². The maximum absolute atomic E-state index is 12.2. The molecule has 2 saturated carbocycles. The lowest BCUT2D eigenvalue weighted by atomic mass is 9.80. The highest BCUT2D eigenvalue weighted by Gasteiger charge is 2.46. The molecule has 3 atom stereocenters. The first-order valence-corrected chi connectivity index (χ1v) is 5.64. The maximum Gasteiger partial charge on any atom is 0.167 e. The number of carbonyl (C=O) groups excluding carboxylic acids is 1. The molecule has 0 aromatic heterocycles. The number of carbonyl (C=O) groups is 1. The second kappa shape index (κ2) is 3.34. The standard InChI is InChI=1S/C12H20O2/c1-12(2,14-3)11(13)10-7-8-4-5-9(10)6-8/h8-10H,4-7H2,1-3H3. The minimum Gasteiger partial charge on any atom is -0.371 e. The molecule has 14 heavy (non-hydrogen) atoms. The van der Waals surface area contributed by atoms with E-state index in [-0.39, 0.29) is 0 Å². The van der Waals surface area contributed by atoms with Crippen molar-refractivity contribution in [2.24, 2.45) is 17.8 Å². The molecule has 2 fully saturated rings. The zero-order chi connectivity index (χ0) is 10.3. The highest BCUT2D eigenvalue weighted by Crippen LogP contribution is 2.49. The molecular weight excluding hydrogens is 176 g/mol. The van der Waals surface area contributed by atoms with Crippen LogP contribution in [0.5, 0.6) is 0 Å². The van der Waals surface area contributed by atoms with E-state index in [0.29, 0.717) is 17.6 Å². The van der Waals surface area contributed by atoms with Gasteiger partial charge in [0.1, 0.15) is 5.60 Å². The maximum atomic E-state index is 12.2. The third-order valence-corrected chi connectivity index (χ3v) is 4.18. The van der Waals surface area contributed by atoms with Gasteiger partial charge in [0.2, 0.25) is 0 Å². The van der Waals surface area contributed by atoms with Crippen LogP contribution in [0.25, 0.3) is 0 Å². The SMILES string of the molecule is COC(C)(C)C(=O)C1CC2CCC1C2. The highest BCUT2D eigenvalue weighted by molar-refractivity contribution is 5.89. The van der Waals surface area contributed by atoms with Crippen molar-refractivity contribution < 1.29 is 9.53 Å². The lowest BCUT2D eigenvalue weighted by molar-refractivity contribution is -0.143. The quantitative estimate of drug-likeness (QED) is 0.693. The summed E-state index contributed by atoms with van der Waals surface area (Å²) in [6, 6.07) is 0. The van der Waals surface area contributed by atoms with Gasteiger partial charge >= 0.3 is 0 Å². The highest BCUT2D eigenvalue weighted by atomic mass is 16.5. The van der Waals surface area contributed by atoms with E-state index in [9.17, 15) is 4.79 Å². The Morgan fingerprint density at radius 3 is 2.43 bits per heavy atom. The van der Waals surface area contributed by atoms with E-state index in [1.54, 1.807) is 7.11 Å². The van der Waals surface area contributed by atoms with Crippen LogP contribution in [0.15, 0.2) is 0 Å². The van der Waals surface area contributed by atoms with Gasteiger partial charge in [-0.05, 0) is 44.9 Å². The van der Waals surface area contributed by atoms with Crippen LogP contribution in [0.3, 0.4) is 0 Å². The molecule has 2 rings (SSSR count). The number of fused-ring (bicyclic) bond motifs is 2. The number of ketones is 1. The molecule has 2 aliphatic carbocycles. The Labute approximate surface area is 86.0 Å². The summed E-state index contributed by atoms with van der Waals surface area (Å²) in [6.07, 6.45) is 5.02. The van der Waals surface area contributed by atoms with E-state index in [4.69, 9.17) is 4.74 Å². The molecule has 0 heterocycles. The molecule has 2 aliphatic rings. The molecule has 2 heteroatoms. The van der Waals surface area contributed by atoms with E-state index in [1.165, 1.54) is 19.3 Å². The van der Waals surface area contributed by atoms with Gasteiger partial charge in [0.25, 0.3) is 0 Å². The molecule has 2 nitrogen and oxygen atoms in total. The molecular formula is C12H20O2. The van der Waals surface area contributed by atoms with Gasteiger partial charge in [0.15, 0.2) is 5.78 Å². The number of ether oxygens (including phenoxy) is 1. The van der Waals surface area contributed by atoms with Crippen LogP contribution in [0.4, 0.5) is 0 Å². The average Bonchev–Trinajstić information content (AvgIpc) is 2.77. The predicted octanol–water partition coefficient (Wildman–Crippen LogP) is 2.42. The fraction of sp³-hybridized carbons (Fsp3) is 0.917. The Kier molecular flexibility index (Phi) is 2.42. The zero-order valence-electron chi connectivity index (χ0n) is 9.38. The fourth-order valence-corrected chi connectivity index (χ4v) is 3.11. The van der Waals surface area contributed by atoms with E-state index in [0.717, 1.165) is 12.3 Å². The topological polar surface area (TPSA) is 26.3 Å². The van der Waals surface area contributed by atoms with Gasteiger partial charge in [-0.1, -0.05) is 6.42 Å². The van der Waals surface area contributed by atoms with Gasteiger partial charge in [-0.25, -0.2) is 0 Å². The summed E-state index contributed by atoms with van der Waals surface area (Å²) in [5.41, 5.74) is -0.574. The van der Waals surface area contributed by atoms with Crippen molar-refractivity contribution in [1.82, 2.24) is 0 Å². The lowest BCUT2D eigenvalue weighted by Gasteiger charge is -2.29. The molecule has 0 aromatic carbocycles. The van der Waals surface area contributed by atoms with Crippen LogP contribution in [0, 0.1) is 17.8 Å². The summed E-state index contributed by atoms with van der Waals surface area (Å²) in [5, 5.41) is 0. The summed E-state index contributed by atoms with van der Waals surface area (Å²) >= 11 is 0. The summed E-state index contributed by atoms with van der Waals surface area (Å²) in [6.45, 7) is 3.78. The number of hydrogen-bond acceptors (Lipinski definition) is 2. The molecule has 0 amide bonds. The molecule has 2 bridgehead atoms. The van der Waals surface area contributed by atoms with Crippen LogP contribution in [-0.4, -0.2) is 18.5 Å². The first-order valence-electron chi connectivity index (χ1n) is 5.64. The first-order chi connectivity index (χ1) is 6.54. The molecule has 3 unspecified atom stereocenters. The third kappa shape index (κ3) is 1.50. The number of hydrogen-bond donors (Lipinski definition) is 0. The predicted molar refractivity (Wildman–Crippen MR) is 55.0 cm³/mol. The zero-order valence-corrected chi connectivity index (χ0v) is 9.38. The van der Waals surface area contributed by atoms with Crippen LogP contribution < -0.4 is 0 Å². The Morgan fingerprint density at radius 2 is 2.00 bits per heavy atom. The monoisotopic (exact) mass is 196 g/mol. The first kappa shape index (κ1) is 10.2. The van der Waals surface area contributed by atoms with Crippen molar-refractivity contribution in [2.45, 2.75) is 45.1 Å². The van der Waals surface area contributed by atoms with E-state index in [2.05, 4.69) is 0 Å². The smallest absolute Gasteiger partial charge is 0.167 e. The van der Waals surface area contributed by atoms with Crippen LogP contribution >= 0.6 is 0 Å². The molecule has 0 saturated heterocycles. The normalized spacial score (nSPS) is 36.4. The number of methoxy groups -OCH3 is 1. The van der Waals surface area contributed by atoms with Crippen molar-refractivity contribution >= 4 is 5.78 Å². The summed E-state index contributed by atoms with van der Waals surface area (Å²) < 4.78 is 5.27. The summed E-state index contributed by atoms with van der Waals surface area (Å²) in [7, 11) is 1.63. The van der Waals surface area contributed by atoms with Gasteiger partial charge in [-0.15, -0.1) is 0 Å². The minimum atomic E-state index is -0.574. The van der Waals surface area contributed by atoms with Crippen molar-refractivity contribution in [1.29, 1.82) is 0 Å². The van der Waals surface area contributed by atoms with Crippen molar-refractivity contribution in [3.8, 4) is 0 Å². The van der Waals surface area contributed by atoms with E-state index >= 15 is 0 Å². The number of rotatable bonds is 3. The Balaban J connectivity index is 2.06. The minimum absolute atomic E-state index is 0.295. The van der Waals surface area contributed by atoms with Crippen LogP contribution in [0.2, 0.25) is 0 Å². The van der Waals surface area contributed by atoms with E-state index in [1.807, 2.05) is 13.8 Å². The average molecular weight is 196 g/mol. The molecule has 0 radical (unpaired) electrons. The Hall–Kier alpha value is -0.370. The second-order valence-electron chi connectivity index (χ2n) is 5.36. The molecule has 0 spiro atoms. The molecule has 0 N–H and O–H groups in total. The summed E-state index contributed by atoms with van der Waals surface area (Å²) in [4.78, 5) is 12.2. The van der Waals surface area contributed by atoms with Gasteiger partial charge < -0.3 is 4.74 Å². The Bertz CT molecular complexity index is 245. The van der Waals surface area contributed by atoms with Gasteiger partial charge in [0, 0.05) is 13.0 Å². The van der Waals surface area contributed by atoms with Gasteiger partial charge in [0.05, 0.1) is 0 Å². The van der Waals surface area contributed by atoms with Crippen LogP contribution in [-0.2, 0) is 9.53 Å². The Morgan fingerprint density at radius 1 is 1.29 bits per heavy atom. The molecule has 0 aliphatic heterocycles. The fourth-order valence-electron chi connectivity index (χ4n) is 3.11. The largest absolute Gasteiger partial charge is 0.371 e. The summed E-state index contributed by atoms with van der Waals surface area (Å²) in [5.74, 6) is 2.12.